The van der Waals surface area contributed by atoms with Gasteiger partial charge in [-0.3, -0.25) is 10.1 Å². The van der Waals surface area contributed by atoms with Crippen LogP contribution in [0.3, 0.4) is 0 Å². The highest BCUT2D eigenvalue weighted by atomic mass is 79.9. The molecule has 0 N–H and O–H groups in total. The molecule has 0 radical (unpaired) electrons. The van der Waals surface area contributed by atoms with Gasteiger partial charge in [-0.05, 0) is 25.0 Å². The van der Waals surface area contributed by atoms with Gasteiger partial charge in [-0.15, -0.1) is 0 Å². The maximum absolute atomic E-state index is 11.0. The van der Waals surface area contributed by atoms with Gasteiger partial charge in [0.05, 0.1) is 16.9 Å². The first kappa shape index (κ1) is 13.8. The second-order valence-corrected chi connectivity index (χ2v) is 4.92. The Morgan fingerprint density at radius 3 is 2.53 bits per heavy atom. The van der Waals surface area contributed by atoms with Gasteiger partial charge in [-0.1, -0.05) is 34.1 Å². The van der Waals surface area contributed by atoms with E-state index in [4.69, 9.17) is 4.74 Å². The lowest BCUT2D eigenvalue weighted by Gasteiger charge is -2.09. The maximum Gasteiger partial charge on any atom is 0.277 e. The number of non-ortho nitro benzene ring substituents is 1. The molecule has 0 unspecified atom stereocenters. The number of nitrogens with zero attached hydrogens (tertiary/aromatic N) is 1. The molecule has 0 aliphatic rings. The van der Waals surface area contributed by atoms with Crippen molar-refractivity contribution in [2.75, 3.05) is 11.9 Å². The molecule has 4 nitrogen and oxygen atoms in total. The Morgan fingerprint density at radius 2 is 1.84 bits per heavy atom. The summed E-state index contributed by atoms with van der Waals surface area (Å²) >= 11 is 3.37. The van der Waals surface area contributed by atoms with Crippen molar-refractivity contribution in [1.29, 1.82) is 0 Å². The van der Waals surface area contributed by atoms with Gasteiger partial charge in [0.15, 0.2) is 0 Å². The van der Waals surface area contributed by atoms with Crippen molar-refractivity contribution in [2.45, 2.75) is 12.8 Å². The molecule has 100 valence electrons. The smallest absolute Gasteiger partial charge is 0.277 e. The van der Waals surface area contributed by atoms with Crippen molar-refractivity contribution >= 4 is 32.4 Å². The molecule has 5 heteroatoms. The Morgan fingerprint density at radius 1 is 1.11 bits per heavy atom. The first-order valence-electron chi connectivity index (χ1n) is 6.09. The summed E-state index contributed by atoms with van der Waals surface area (Å²) in [5.74, 6) is 0.704. The van der Waals surface area contributed by atoms with E-state index in [-0.39, 0.29) is 10.6 Å². The summed E-state index contributed by atoms with van der Waals surface area (Å²) in [5, 5.41) is 13.3. The highest BCUT2D eigenvalue weighted by Crippen LogP contribution is 2.32. The predicted octanol–water partition coefficient (Wildman–Crippen LogP) is 4.30. The van der Waals surface area contributed by atoms with Crippen molar-refractivity contribution in [3.05, 3.63) is 46.5 Å². The fourth-order valence-corrected chi connectivity index (χ4v) is 2.32. The van der Waals surface area contributed by atoms with E-state index in [2.05, 4.69) is 15.9 Å². The van der Waals surface area contributed by atoms with E-state index in [1.54, 1.807) is 18.2 Å². The molecule has 0 heterocycles. The number of halogens is 1. The SMILES string of the molecule is O=[N+]([O-])c1ccc(OCCCCBr)c2ccccc12. The minimum absolute atomic E-state index is 0.114. The molecule has 0 amide bonds. The van der Waals surface area contributed by atoms with Crippen LogP contribution in [-0.2, 0) is 0 Å². The van der Waals surface area contributed by atoms with Crippen LogP contribution >= 0.6 is 15.9 Å². The number of hydrogen-bond acceptors (Lipinski definition) is 3. The molecule has 2 rings (SSSR count). The summed E-state index contributed by atoms with van der Waals surface area (Å²) in [7, 11) is 0. The molecular formula is C14H14BrNO3. The lowest BCUT2D eigenvalue weighted by atomic mass is 10.1. The van der Waals surface area contributed by atoms with Crippen molar-refractivity contribution in [2.24, 2.45) is 0 Å². The monoisotopic (exact) mass is 323 g/mol. The van der Waals surface area contributed by atoms with E-state index in [0.717, 1.165) is 23.6 Å². The Kier molecular flexibility index (Phi) is 4.74. The summed E-state index contributed by atoms with van der Waals surface area (Å²) in [4.78, 5) is 10.6. The Balaban J connectivity index is 2.30. The minimum Gasteiger partial charge on any atom is -0.493 e. The number of fused-ring (bicyclic) bond motifs is 1. The first-order chi connectivity index (χ1) is 9.24. The van der Waals surface area contributed by atoms with Gasteiger partial charge in [0.25, 0.3) is 5.69 Å². The molecular weight excluding hydrogens is 310 g/mol. The zero-order valence-corrected chi connectivity index (χ0v) is 11.9. The zero-order valence-electron chi connectivity index (χ0n) is 10.3. The number of nitro benzene ring substituents is 1. The number of benzene rings is 2. The summed E-state index contributed by atoms with van der Waals surface area (Å²) in [6.07, 6.45) is 2.00. The maximum atomic E-state index is 11.0. The standard InChI is InChI=1S/C14H14BrNO3/c15-9-3-4-10-19-14-8-7-13(16(17)18)11-5-1-2-6-12(11)14/h1-2,5-8H,3-4,9-10H2. The second kappa shape index (κ2) is 6.52. The average molecular weight is 324 g/mol. The van der Waals surface area contributed by atoms with E-state index >= 15 is 0 Å². The molecule has 2 aromatic rings. The van der Waals surface area contributed by atoms with Crippen LogP contribution in [0, 0.1) is 10.1 Å². The average Bonchev–Trinajstić information content (AvgIpc) is 2.43. The summed E-state index contributed by atoms with van der Waals surface area (Å²) in [5.41, 5.74) is 0.114. The molecule has 2 aromatic carbocycles. The fourth-order valence-electron chi connectivity index (χ4n) is 1.92. The van der Waals surface area contributed by atoms with Crippen LogP contribution in [0.4, 0.5) is 5.69 Å². The topological polar surface area (TPSA) is 52.4 Å². The molecule has 0 saturated heterocycles. The van der Waals surface area contributed by atoms with Crippen LogP contribution < -0.4 is 4.74 Å². The van der Waals surface area contributed by atoms with Crippen LogP contribution in [0.2, 0.25) is 0 Å². The van der Waals surface area contributed by atoms with Gasteiger partial charge in [0.2, 0.25) is 0 Å². The van der Waals surface area contributed by atoms with E-state index in [1.807, 2.05) is 12.1 Å². The number of nitro groups is 1. The normalized spacial score (nSPS) is 10.6. The van der Waals surface area contributed by atoms with Crippen LogP contribution in [0.15, 0.2) is 36.4 Å². The van der Waals surface area contributed by atoms with Crippen LogP contribution in [-0.4, -0.2) is 16.9 Å². The number of hydrogen-bond donors (Lipinski definition) is 0. The molecule has 19 heavy (non-hydrogen) atoms. The van der Waals surface area contributed by atoms with E-state index in [1.165, 1.54) is 6.07 Å². The largest absolute Gasteiger partial charge is 0.493 e. The number of alkyl halides is 1. The van der Waals surface area contributed by atoms with E-state index in [9.17, 15) is 10.1 Å². The van der Waals surface area contributed by atoms with E-state index < -0.39 is 0 Å². The van der Waals surface area contributed by atoms with Crippen LogP contribution in [0.5, 0.6) is 5.75 Å². The lowest BCUT2D eigenvalue weighted by Crippen LogP contribution is -1.99. The van der Waals surface area contributed by atoms with Gasteiger partial charge < -0.3 is 4.74 Å². The summed E-state index contributed by atoms with van der Waals surface area (Å²) in [6, 6.07) is 10.4. The minimum atomic E-state index is -0.364. The van der Waals surface area contributed by atoms with Gasteiger partial charge in [0, 0.05) is 16.8 Å². The molecule has 0 bridgehead atoms. The molecule has 0 saturated carbocycles. The number of rotatable bonds is 6. The fraction of sp³-hybridized carbons (Fsp3) is 0.286. The van der Waals surface area contributed by atoms with Crippen molar-refractivity contribution in [3.8, 4) is 5.75 Å². The molecule has 0 aliphatic carbocycles. The number of ether oxygens (including phenoxy) is 1. The van der Waals surface area contributed by atoms with Crippen molar-refractivity contribution < 1.29 is 9.66 Å². The predicted molar refractivity (Wildman–Crippen MR) is 79.1 cm³/mol. The third-order valence-corrected chi connectivity index (χ3v) is 3.40. The molecule has 0 atom stereocenters. The van der Waals surface area contributed by atoms with Crippen molar-refractivity contribution in [1.82, 2.24) is 0 Å². The van der Waals surface area contributed by atoms with Gasteiger partial charge >= 0.3 is 0 Å². The Hall–Kier alpha value is -1.62. The quantitative estimate of drug-likeness (QED) is 0.344. The first-order valence-corrected chi connectivity index (χ1v) is 7.21. The lowest BCUT2D eigenvalue weighted by molar-refractivity contribution is -0.383. The van der Waals surface area contributed by atoms with E-state index in [0.29, 0.717) is 17.7 Å². The summed E-state index contributed by atoms with van der Waals surface area (Å²) < 4.78 is 5.71. The second-order valence-electron chi connectivity index (χ2n) is 4.13. The van der Waals surface area contributed by atoms with Crippen molar-refractivity contribution in [3.63, 3.8) is 0 Å². The molecule has 0 aliphatic heterocycles. The highest BCUT2D eigenvalue weighted by molar-refractivity contribution is 9.09. The highest BCUT2D eigenvalue weighted by Gasteiger charge is 2.14. The van der Waals surface area contributed by atoms with Crippen LogP contribution in [0.1, 0.15) is 12.8 Å². The third-order valence-electron chi connectivity index (χ3n) is 2.84. The zero-order chi connectivity index (χ0) is 13.7. The van der Waals surface area contributed by atoms with Crippen LogP contribution in [0.25, 0.3) is 10.8 Å². The molecule has 0 fully saturated rings. The Bertz CT molecular complexity index is 586. The third kappa shape index (κ3) is 3.23. The van der Waals surface area contributed by atoms with Gasteiger partial charge in [0.1, 0.15) is 5.75 Å². The van der Waals surface area contributed by atoms with Gasteiger partial charge in [-0.25, -0.2) is 0 Å². The number of unbranched alkanes of at least 4 members (excludes halogenated alkanes) is 1. The Labute approximate surface area is 119 Å². The summed E-state index contributed by atoms with van der Waals surface area (Å²) in [6.45, 7) is 0.618. The molecule has 0 spiro atoms. The van der Waals surface area contributed by atoms with Gasteiger partial charge in [-0.2, -0.15) is 0 Å². The molecule has 0 aromatic heterocycles.